The van der Waals surface area contributed by atoms with E-state index < -0.39 is 0 Å². The average molecular weight is 339 g/mol. The number of hydrogen-bond donors (Lipinski definition) is 1. The maximum absolute atomic E-state index is 12.4. The van der Waals surface area contributed by atoms with Crippen molar-refractivity contribution in [3.8, 4) is 11.3 Å². The van der Waals surface area contributed by atoms with Gasteiger partial charge in [-0.15, -0.1) is 0 Å². The van der Waals surface area contributed by atoms with Gasteiger partial charge in [0.2, 0.25) is 0 Å². The molecule has 0 aliphatic rings. The molecule has 1 atom stereocenters. The molecule has 0 fully saturated rings. The summed E-state index contributed by atoms with van der Waals surface area (Å²) in [5, 5.41) is 6.76. The molecule has 25 heavy (non-hydrogen) atoms. The Balaban J connectivity index is 1.66. The molecule has 1 amide bonds. The van der Waals surface area contributed by atoms with Crippen LogP contribution in [0.3, 0.4) is 0 Å². The highest BCUT2D eigenvalue weighted by atomic mass is 16.5. The molecule has 2 aromatic heterocycles. The van der Waals surface area contributed by atoms with E-state index in [-0.39, 0.29) is 17.6 Å². The van der Waals surface area contributed by atoms with Crippen molar-refractivity contribution in [3.05, 3.63) is 65.7 Å². The van der Waals surface area contributed by atoms with Gasteiger partial charge in [-0.1, -0.05) is 35.0 Å². The van der Waals surface area contributed by atoms with Gasteiger partial charge in [-0.25, -0.2) is 0 Å². The highest BCUT2D eigenvalue weighted by Gasteiger charge is 2.20. The van der Waals surface area contributed by atoms with Crippen LogP contribution in [-0.4, -0.2) is 36.6 Å². The third-order valence-corrected chi connectivity index (χ3v) is 4.03. The summed E-state index contributed by atoms with van der Waals surface area (Å²) in [7, 11) is 3.87. The summed E-state index contributed by atoms with van der Waals surface area (Å²) in [6.07, 6.45) is 1.62. The van der Waals surface area contributed by atoms with E-state index in [2.05, 4.69) is 10.5 Å². The molecule has 130 valence electrons. The molecular formula is C19H21N3O3. The van der Waals surface area contributed by atoms with E-state index in [1.54, 1.807) is 12.3 Å². The second kappa shape index (κ2) is 7.36. The first-order valence-electron chi connectivity index (χ1n) is 8.06. The summed E-state index contributed by atoms with van der Waals surface area (Å²) in [6, 6.07) is 13.2. The number of carbonyl (C=O) groups is 1. The van der Waals surface area contributed by atoms with Gasteiger partial charge in [0, 0.05) is 18.2 Å². The Morgan fingerprint density at radius 2 is 2.00 bits per heavy atom. The zero-order valence-corrected chi connectivity index (χ0v) is 14.5. The Bertz CT molecular complexity index is 820. The molecule has 1 aromatic carbocycles. The molecule has 0 spiro atoms. The summed E-state index contributed by atoms with van der Waals surface area (Å²) in [5.74, 6) is 1.09. The van der Waals surface area contributed by atoms with Gasteiger partial charge in [-0.3, -0.25) is 9.69 Å². The van der Waals surface area contributed by atoms with Crippen LogP contribution in [0.2, 0.25) is 0 Å². The van der Waals surface area contributed by atoms with Crippen LogP contribution >= 0.6 is 0 Å². The zero-order chi connectivity index (χ0) is 17.8. The Hall–Kier alpha value is -2.86. The molecule has 0 bridgehead atoms. The van der Waals surface area contributed by atoms with Crippen LogP contribution in [0.1, 0.15) is 27.9 Å². The molecule has 6 heteroatoms. The first-order chi connectivity index (χ1) is 12.0. The van der Waals surface area contributed by atoms with Crippen LogP contribution in [0, 0.1) is 6.92 Å². The summed E-state index contributed by atoms with van der Waals surface area (Å²) < 4.78 is 10.7. The minimum Gasteiger partial charge on any atom is -0.468 e. The van der Waals surface area contributed by atoms with E-state index >= 15 is 0 Å². The van der Waals surface area contributed by atoms with Crippen LogP contribution in [0.5, 0.6) is 0 Å². The minimum atomic E-state index is -0.277. The standard InChI is InChI=1S/C19H21N3O3/c1-13-6-8-14(9-7-13)18-11-15(21-25-18)19(23)20-12-16(22(2)3)17-5-4-10-24-17/h4-11,16H,12H2,1-3H3,(H,20,23)/t16-/m1/s1. The largest absolute Gasteiger partial charge is 0.468 e. The monoisotopic (exact) mass is 339 g/mol. The fourth-order valence-corrected chi connectivity index (χ4v) is 2.53. The Morgan fingerprint density at radius 3 is 2.64 bits per heavy atom. The number of carbonyl (C=O) groups excluding carboxylic acids is 1. The molecular weight excluding hydrogens is 318 g/mol. The predicted molar refractivity (Wildman–Crippen MR) is 94.1 cm³/mol. The quantitative estimate of drug-likeness (QED) is 0.746. The molecule has 1 N–H and O–H groups in total. The number of likely N-dealkylation sites (N-methyl/N-ethyl adjacent to an activating group) is 1. The second-order valence-electron chi connectivity index (χ2n) is 6.15. The number of aromatic nitrogens is 1. The van der Waals surface area contributed by atoms with Crippen molar-refractivity contribution in [2.45, 2.75) is 13.0 Å². The summed E-state index contributed by atoms with van der Waals surface area (Å²) in [4.78, 5) is 14.3. The number of benzene rings is 1. The van der Waals surface area contributed by atoms with Crippen molar-refractivity contribution < 1.29 is 13.7 Å². The van der Waals surface area contributed by atoms with Crippen molar-refractivity contribution in [1.29, 1.82) is 0 Å². The van der Waals surface area contributed by atoms with E-state index in [9.17, 15) is 4.79 Å². The number of furan rings is 1. The van der Waals surface area contributed by atoms with Gasteiger partial charge in [0.05, 0.1) is 12.3 Å². The van der Waals surface area contributed by atoms with Gasteiger partial charge in [0.25, 0.3) is 5.91 Å². The second-order valence-corrected chi connectivity index (χ2v) is 6.15. The molecule has 0 radical (unpaired) electrons. The van der Waals surface area contributed by atoms with Crippen molar-refractivity contribution in [1.82, 2.24) is 15.4 Å². The summed E-state index contributed by atoms with van der Waals surface area (Å²) in [5.41, 5.74) is 2.31. The van der Waals surface area contributed by atoms with Gasteiger partial charge >= 0.3 is 0 Å². The van der Waals surface area contributed by atoms with E-state index in [1.165, 1.54) is 0 Å². The lowest BCUT2D eigenvalue weighted by molar-refractivity contribution is 0.0930. The Kier molecular flexibility index (Phi) is 5.00. The fraction of sp³-hybridized carbons (Fsp3) is 0.263. The lowest BCUT2D eigenvalue weighted by atomic mass is 10.1. The van der Waals surface area contributed by atoms with Crippen LogP contribution in [0.15, 0.2) is 57.7 Å². The molecule has 3 aromatic rings. The first-order valence-corrected chi connectivity index (χ1v) is 8.06. The Labute approximate surface area is 146 Å². The lowest BCUT2D eigenvalue weighted by Gasteiger charge is -2.22. The number of hydrogen-bond acceptors (Lipinski definition) is 5. The average Bonchev–Trinajstić information content (AvgIpc) is 3.27. The van der Waals surface area contributed by atoms with Gasteiger partial charge in [-0.05, 0) is 33.2 Å². The lowest BCUT2D eigenvalue weighted by Crippen LogP contribution is -2.34. The number of aryl methyl sites for hydroxylation is 1. The van der Waals surface area contributed by atoms with Gasteiger partial charge in [0.1, 0.15) is 5.76 Å². The van der Waals surface area contributed by atoms with Crippen molar-refractivity contribution >= 4 is 5.91 Å². The topological polar surface area (TPSA) is 71.5 Å². The third-order valence-electron chi connectivity index (χ3n) is 4.03. The molecule has 0 aliphatic heterocycles. The minimum absolute atomic E-state index is 0.0533. The maximum Gasteiger partial charge on any atom is 0.273 e. The molecule has 3 rings (SSSR count). The Morgan fingerprint density at radius 1 is 1.24 bits per heavy atom. The highest BCUT2D eigenvalue weighted by Crippen LogP contribution is 2.21. The van der Waals surface area contributed by atoms with E-state index in [4.69, 9.17) is 8.94 Å². The van der Waals surface area contributed by atoms with Crippen molar-refractivity contribution in [2.24, 2.45) is 0 Å². The number of nitrogens with zero attached hydrogens (tertiary/aromatic N) is 2. The van der Waals surface area contributed by atoms with Crippen LogP contribution in [0.4, 0.5) is 0 Å². The smallest absolute Gasteiger partial charge is 0.273 e. The van der Waals surface area contributed by atoms with Crippen LogP contribution in [-0.2, 0) is 0 Å². The summed E-state index contributed by atoms with van der Waals surface area (Å²) in [6.45, 7) is 2.43. The van der Waals surface area contributed by atoms with Gasteiger partial charge in [0.15, 0.2) is 11.5 Å². The van der Waals surface area contributed by atoms with E-state index in [0.717, 1.165) is 16.9 Å². The SMILES string of the molecule is Cc1ccc(-c2cc(C(=O)NC[C@H](c3ccco3)N(C)C)no2)cc1. The first kappa shape index (κ1) is 17.0. The number of amides is 1. The van der Waals surface area contributed by atoms with Gasteiger partial charge in [-0.2, -0.15) is 0 Å². The zero-order valence-electron chi connectivity index (χ0n) is 14.5. The van der Waals surface area contributed by atoms with Crippen LogP contribution in [0.25, 0.3) is 11.3 Å². The molecule has 2 heterocycles. The van der Waals surface area contributed by atoms with E-state index in [0.29, 0.717) is 12.3 Å². The molecule has 0 saturated heterocycles. The van der Waals surface area contributed by atoms with Crippen molar-refractivity contribution in [2.75, 3.05) is 20.6 Å². The molecule has 0 aliphatic carbocycles. The predicted octanol–water partition coefficient (Wildman–Crippen LogP) is 3.28. The molecule has 6 nitrogen and oxygen atoms in total. The fourth-order valence-electron chi connectivity index (χ4n) is 2.53. The maximum atomic E-state index is 12.4. The molecule has 0 saturated carbocycles. The van der Waals surface area contributed by atoms with Crippen molar-refractivity contribution in [3.63, 3.8) is 0 Å². The normalized spacial score (nSPS) is 12.3. The number of rotatable bonds is 6. The van der Waals surface area contributed by atoms with E-state index in [1.807, 2.05) is 62.3 Å². The molecule has 0 unspecified atom stereocenters. The third kappa shape index (κ3) is 3.97. The number of nitrogens with one attached hydrogen (secondary N) is 1. The van der Waals surface area contributed by atoms with Gasteiger partial charge < -0.3 is 14.3 Å². The highest BCUT2D eigenvalue weighted by molar-refractivity contribution is 5.93. The summed E-state index contributed by atoms with van der Waals surface area (Å²) >= 11 is 0. The van der Waals surface area contributed by atoms with Crippen LogP contribution < -0.4 is 5.32 Å².